The van der Waals surface area contributed by atoms with E-state index in [0.717, 1.165) is 0 Å². The quantitative estimate of drug-likeness (QED) is 0.708. The third kappa shape index (κ3) is 4.11. The first kappa shape index (κ1) is 15.3. The number of carbonyl (C=O) groups is 3. The Labute approximate surface area is 111 Å². The Balaban J connectivity index is 2.35. The van der Waals surface area contributed by atoms with Crippen molar-refractivity contribution in [2.75, 3.05) is 19.7 Å². The Morgan fingerprint density at radius 1 is 1.42 bits per heavy atom. The van der Waals surface area contributed by atoms with E-state index in [1.807, 2.05) is 0 Å². The van der Waals surface area contributed by atoms with Crippen molar-refractivity contribution in [2.45, 2.75) is 32.7 Å². The zero-order valence-electron chi connectivity index (χ0n) is 11.2. The summed E-state index contributed by atoms with van der Waals surface area (Å²) in [7, 11) is 0. The average Bonchev–Trinajstić information content (AvgIpc) is 2.71. The summed E-state index contributed by atoms with van der Waals surface area (Å²) >= 11 is 0. The fourth-order valence-corrected chi connectivity index (χ4v) is 2.16. The van der Waals surface area contributed by atoms with Gasteiger partial charge in [0.15, 0.2) is 0 Å². The molecule has 0 aromatic heterocycles. The van der Waals surface area contributed by atoms with Gasteiger partial charge in [0.2, 0.25) is 0 Å². The molecule has 19 heavy (non-hydrogen) atoms. The summed E-state index contributed by atoms with van der Waals surface area (Å²) in [5.41, 5.74) is 0. The van der Waals surface area contributed by atoms with Crippen molar-refractivity contribution in [3.63, 3.8) is 0 Å². The molecule has 0 aromatic rings. The highest BCUT2D eigenvalue weighted by atomic mass is 16.5. The summed E-state index contributed by atoms with van der Waals surface area (Å²) in [6.45, 7) is 4.36. The number of ether oxygens (including phenoxy) is 1. The first-order valence-corrected chi connectivity index (χ1v) is 6.40. The highest BCUT2D eigenvalue weighted by Crippen LogP contribution is 2.24. The molecule has 0 aromatic carbocycles. The van der Waals surface area contributed by atoms with Gasteiger partial charge in [0, 0.05) is 19.1 Å². The number of aliphatic carboxylic acids is 1. The summed E-state index contributed by atoms with van der Waals surface area (Å²) in [4.78, 5) is 35.3. The number of urea groups is 1. The largest absolute Gasteiger partial charge is 0.481 e. The monoisotopic (exact) mass is 272 g/mol. The van der Waals surface area contributed by atoms with Crippen molar-refractivity contribution in [1.82, 2.24) is 10.2 Å². The minimum atomic E-state index is -0.880. The van der Waals surface area contributed by atoms with Crippen LogP contribution in [0.25, 0.3) is 0 Å². The SMILES string of the molecule is CCOC(=O)CCNC(=O)N1CCC(C(=O)O)C1C. The van der Waals surface area contributed by atoms with E-state index in [4.69, 9.17) is 9.84 Å². The van der Waals surface area contributed by atoms with E-state index < -0.39 is 11.9 Å². The minimum absolute atomic E-state index is 0.115. The number of rotatable bonds is 5. The second-order valence-corrected chi connectivity index (χ2v) is 4.45. The van der Waals surface area contributed by atoms with Gasteiger partial charge in [-0.15, -0.1) is 0 Å². The Bertz CT molecular complexity index is 358. The molecule has 2 atom stereocenters. The lowest BCUT2D eigenvalue weighted by Gasteiger charge is -2.23. The average molecular weight is 272 g/mol. The molecule has 7 heteroatoms. The molecule has 1 saturated heterocycles. The Morgan fingerprint density at radius 2 is 2.11 bits per heavy atom. The third-order valence-corrected chi connectivity index (χ3v) is 3.24. The standard InChI is InChI=1S/C12H20N2O5/c1-3-19-10(15)4-6-13-12(18)14-7-5-9(8(14)2)11(16)17/h8-9H,3-7H2,1-2H3,(H,13,18)(H,16,17). The van der Waals surface area contributed by atoms with Gasteiger partial charge in [-0.05, 0) is 20.3 Å². The van der Waals surface area contributed by atoms with Crippen LogP contribution in [0.3, 0.4) is 0 Å². The van der Waals surface area contributed by atoms with Crippen LogP contribution in [0.2, 0.25) is 0 Å². The van der Waals surface area contributed by atoms with Gasteiger partial charge in [-0.2, -0.15) is 0 Å². The number of carboxylic acid groups (broad SMARTS) is 1. The van der Waals surface area contributed by atoms with Crippen molar-refractivity contribution < 1.29 is 24.2 Å². The zero-order chi connectivity index (χ0) is 14.4. The molecule has 0 radical (unpaired) electrons. The molecule has 0 spiro atoms. The summed E-state index contributed by atoms with van der Waals surface area (Å²) in [5, 5.41) is 11.6. The van der Waals surface area contributed by atoms with Gasteiger partial charge >= 0.3 is 18.0 Å². The van der Waals surface area contributed by atoms with E-state index in [0.29, 0.717) is 19.6 Å². The maximum Gasteiger partial charge on any atom is 0.317 e. The van der Waals surface area contributed by atoms with Gasteiger partial charge in [0.05, 0.1) is 18.9 Å². The predicted octanol–water partition coefficient (Wildman–Crippen LogP) is 0.444. The van der Waals surface area contributed by atoms with E-state index in [1.165, 1.54) is 4.90 Å². The smallest absolute Gasteiger partial charge is 0.317 e. The molecule has 1 aliphatic rings. The molecule has 2 N–H and O–H groups in total. The van der Waals surface area contributed by atoms with E-state index in [2.05, 4.69) is 5.32 Å². The molecule has 7 nitrogen and oxygen atoms in total. The molecule has 0 bridgehead atoms. The minimum Gasteiger partial charge on any atom is -0.481 e. The van der Waals surface area contributed by atoms with Crippen LogP contribution in [0.15, 0.2) is 0 Å². The van der Waals surface area contributed by atoms with E-state index in [-0.39, 0.29) is 31.0 Å². The Kier molecular flexibility index (Phi) is 5.59. The number of nitrogens with zero attached hydrogens (tertiary/aromatic N) is 1. The van der Waals surface area contributed by atoms with E-state index >= 15 is 0 Å². The molecule has 2 amide bonds. The van der Waals surface area contributed by atoms with Crippen LogP contribution in [-0.2, 0) is 14.3 Å². The summed E-state index contributed by atoms with van der Waals surface area (Å²) < 4.78 is 4.74. The topological polar surface area (TPSA) is 95.9 Å². The van der Waals surface area contributed by atoms with E-state index in [9.17, 15) is 14.4 Å². The molecular formula is C12H20N2O5. The van der Waals surface area contributed by atoms with Crippen LogP contribution in [0.4, 0.5) is 4.79 Å². The first-order valence-electron chi connectivity index (χ1n) is 6.40. The molecule has 1 rings (SSSR count). The van der Waals surface area contributed by atoms with Crippen LogP contribution in [0, 0.1) is 5.92 Å². The zero-order valence-corrected chi connectivity index (χ0v) is 11.2. The van der Waals surface area contributed by atoms with E-state index in [1.54, 1.807) is 13.8 Å². The van der Waals surface area contributed by atoms with Crippen molar-refractivity contribution in [3.05, 3.63) is 0 Å². The first-order chi connectivity index (χ1) is 8.97. The van der Waals surface area contributed by atoms with Gasteiger partial charge in [0.25, 0.3) is 0 Å². The van der Waals surface area contributed by atoms with Crippen LogP contribution >= 0.6 is 0 Å². The maximum atomic E-state index is 11.8. The third-order valence-electron chi connectivity index (χ3n) is 3.24. The van der Waals surface area contributed by atoms with Gasteiger partial charge in [-0.1, -0.05) is 0 Å². The van der Waals surface area contributed by atoms with Crippen molar-refractivity contribution in [2.24, 2.45) is 5.92 Å². The molecule has 1 fully saturated rings. The lowest BCUT2D eigenvalue weighted by atomic mass is 10.0. The molecule has 1 heterocycles. The fraction of sp³-hybridized carbons (Fsp3) is 0.750. The number of amides is 2. The number of esters is 1. The number of hydrogen-bond acceptors (Lipinski definition) is 4. The highest BCUT2D eigenvalue weighted by molar-refractivity contribution is 5.78. The van der Waals surface area contributed by atoms with Crippen LogP contribution in [0.5, 0.6) is 0 Å². The molecule has 108 valence electrons. The highest BCUT2D eigenvalue weighted by Gasteiger charge is 2.37. The summed E-state index contributed by atoms with van der Waals surface area (Å²) in [6, 6.07) is -0.666. The van der Waals surface area contributed by atoms with Gasteiger partial charge in [-0.3, -0.25) is 9.59 Å². The van der Waals surface area contributed by atoms with Crippen LogP contribution in [0.1, 0.15) is 26.7 Å². The van der Waals surface area contributed by atoms with Crippen molar-refractivity contribution in [1.29, 1.82) is 0 Å². The van der Waals surface area contributed by atoms with Crippen LogP contribution < -0.4 is 5.32 Å². The lowest BCUT2D eigenvalue weighted by molar-refractivity contribution is -0.143. The molecule has 0 saturated carbocycles. The van der Waals surface area contributed by atoms with Gasteiger partial charge in [-0.25, -0.2) is 4.79 Å². The normalized spacial score (nSPS) is 22.1. The molecule has 2 unspecified atom stereocenters. The lowest BCUT2D eigenvalue weighted by Crippen LogP contribution is -2.44. The Hall–Kier alpha value is -1.79. The number of nitrogens with one attached hydrogen (secondary N) is 1. The predicted molar refractivity (Wildman–Crippen MR) is 66.6 cm³/mol. The van der Waals surface area contributed by atoms with Gasteiger partial charge in [0.1, 0.15) is 0 Å². The molecular weight excluding hydrogens is 252 g/mol. The summed E-state index contributed by atoms with van der Waals surface area (Å²) in [6.07, 6.45) is 0.575. The number of carboxylic acids is 1. The Morgan fingerprint density at radius 3 is 2.63 bits per heavy atom. The number of carbonyl (C=O) groups excluding carboxylic acids is 2. The van der Waals surface area contributed by atoms with Gasteiger partial charge < -0.3 is 20.1 Å². The van der Waals surface area contributed by atoms with Crippen molar-refractivity contribution in [3.8, 4) is 0 Å². The second kappa shape index (κ2) is 6.96. The maximum absolute atomic E-state index is 11.8. The summed E-state index contributed by atoms with van der Waals surface area (Å²) in [5.74, 6) is -1.76. The molecule has 0 aliphatic carbocycles. The second-order valence-electron chi connectivity index (χ2n) is 4.45. The molecule has 1 aliphatic heterocycles. The van der Waals surface area contributed by atoms with Crippen LogP contribution in [-0.4, -0.2) is 53.7 Å². The van der Waals surface area contributed by atoms with Crippen molar-refractivity contribution >= 4 is 18.0 Å². The number of hydrogen-bond donors (Lipinski definition) is 2. The number of likely N-dealkylation sites (tertiary alicyclic amines) is 1. The fourth-order valence-electron chi connectivity index (χ4n) is 2.16.